The molecule has 1 unspecified atom stereocenters. The molecule has 0 saturated heterocycles. The molecule has 0 amide bonds. The lowest BCUT2D eigenvalue weighted by atomic mass is 10.4. The van der Waals surface area contributed by atoms with Crippen LogP contribution in [0.15, 0.2) is 23.6 Å². The van der Waals surface area contributed by atoms with Crippen molar-refractivity contribution in [1.82, 2.24) is 9.97 Å². The molecule has 5 heteroatoms. The minimum Gasteiger partial charge on any atom is -0.395 e. The van der Waals surface area contributed by atoms with Crippen molar-refractivity contribution < 1.29 is 5.11 Å². The van der Waals surface area contributed by atoms with Crippen LogP contribution in [0.3, 0.4) is 0 Å². The van der Waals surface area contributed by atoms with Gasteiger partial charge in [0.1, 0.15) is 5.03 Å². The van der Waals surface area contributed by atoms with Crippen LogP contribution in [-0.4, -0.2) is 33.5 Å². The van der Waals surface area contributed by atoms with Gasteiger partial charge >= 0.3 is 0 Å². The van der Waals surface area contributed by atoms with Crippen LogP contribution >= 0.6 is 11.8 Å². The summed E-state index contributed by atoms with van der Waals surface area (Å²) in [6.07, 6.45) is 4.93. The fourth-order valence-corrected chi connectivity index (χ4v) is 1.37. The highest BCUT2D eigenvalue weighted by Crippen LogP contribution is 2.12. The second-order valence-electron chi connectivity index (χ2n) is 2.30. The molecular formula is C7H11N3OS. The van der Waals surface area contributed by atoms with E-state index in [1.807, 2.05) is 0 Å². The summed E-state index contributed by atoms with van der Waals surface area (Å²) in [4.78, 5) is 7.95. The molecule has 0 aromatic carbocycles. The molecule has 0 aliphatic rings. The Hall–Kier alpha value is -0.650. The summed E-state index contributed by atoms with van der Waals surface area (Å²) in [6.45, 7) is 0.00720. The lowest BCUT2D eigenvalue weighted by Crippen LogP contribution is -2.26. The third kappa shape index (κ3) is 3.17. The smallest absolute Gasteiger partial charge is 0.114 e. The van der Waals surface area contributed by atoms with Crippen LogP contribution in [0.2, 0.25) is 0 Å². The first-order valence-corrected chi connectivity index (χ1v) is 4.56. The predicted octanol–water partition coefficient (Wildman–Crippen LogP) is -0.112. The highest BCUT2D eigenvalue weighted by atomic mass is 32.2. The van der Waals surface area contributed by atoms with E-state index in [9.17, 15) is 0 Å². The van der Waals surface area contributed by atoms with Gasteiger partial charge in [0.2, 0.25) is 0 Å². The first kappa shape index (κ1) is 9.44. The summed E-state index contributed by atoms with van der Waals surface area (Å²) >= 11 is 1.49. The maximum Gasteiger partial charge on any atom is 0.114 e. The first-order valence-electron chi connectivity index (χ1n) is 3.58. The summed E-state index contributed by atoms with van der Waals surface area (Å²) in [5, 5.41) is 9.47. The number of aliphatic hydroxyl groups is 1. The van der Waals surface area contributed by atoms with Gasteiger partial charge in [-0.05, 0) is 0 Å². The number of hydrogen-bond acceptors (Lipinski definition) is 5. The Kier molecular flexibility index (Phi) is 3.99. The number of aromatic nitrogens is 2. The molecule has 0 saturated carbocycles. The molecule has 1 atom stereocenters. The lowest BCUT2D eigenvalue weighted by Gasteiger charge is -2.05. The highest BCUT2D eigenvalue weighted by Gasteiger charge is 2.01. The molecule has 0 fully saturated rings. The predicted molar refractivity (Wildman–Crippen MR) is 47.8 cm³/mol. The largest absolute Gasteiger partial charge is 0.395 e. The molecule has 0 radical (unpaired) electrons. The second-order valence-corrected chi connectivity index (χ2v) is 3.34. The monoisotopic (exact) mass is 185 g/mol. The third-order valence-corrected chi connectivity index (χ3v) is 2.32. The van der Waals surface area contributed by atoms with Crippen LogP contribution in [0.25, 0.3) is 0 Å². The molecule has 1 rings (SSSR count). The van der Waals surface area contributed by atoms with Crippen molar-refractivity contribution in [2.45, 2.75) is 11.1 Å². The van der Waals surface area contributed by atoms with E-state index in [2.05, 4.69) is 9.97 Å². The van der Waals surface area contributed by atoms with Crippen molar-refractivity contribution in [3.05, 3.63) is 18.6 Å². The maximum absolute atomic E-state index is 8.64. The van der Waals surface area contributed by atoms with E-state index in [1.54, 1.807) is 18.6 Å². The summed E-state index contributed by atoms with van der Waals surface area (Å²) < 4.78 is 0. The van der Waals surface area contributed by atoms with E-state index in [0.717, 1.165) is 5.03 Å². The average Bonchev–Trinajstić information content (AvgIpc) is 2.16. The third-order valence-electron chi connectivity index (χ3n) is 1.22. The molecule has 66 valence electrons. The topological polar surface area (TPSA) is 72.0 Å². The molecule has 1 aromatic heterocycles. The second kappa shape index (κ2) is 5.08. The molecule has 0 aliphatic carbocycles. The Morgan fingerprint density at radius 2 is 2.42 bits per heavy atom. The van der Waals surface area contributed by atoms with E-state index in [-0.39, 0.29) is 12.6 Å². The minimum atomic E-state index is -0.183. The maximum atomic E-state index is 8.64. The van der Waals surface area contributed by atoms with E-state index < -0.39 is 0 Å². The van der Waals surface area contributed by atoms with Crippen molar-refractivity contribution >= 4 is 11.8 Å². The highest BCUT2D eigenvalue weighted by molar-refractivity contribution is 7.99. The van der Waals surface area contributed by atoms with E-state index in [0.29, 0.717) is 5.75 Å². The van der Waals surface area contributed by atoms with E-state index >= 15 is 0 Å². The first-order chi connectivity index (χ1) is 5.83. The zero-order valence-corrected chi connectivity index (χ0v) is 7.37. The Labute approximate surface area is 75.2 Å². The molecule has 0 bridgehead atoms. The fourth-order valence-electron chi connectivity index (χ4n) is 0.605. The number of nitrogens with two attached hydrogens (primary N) is 1. The van der Waals surface area contributed by atoms with Gasteiger partial charge in [-0.2, -0.15) is 0 Å². The average molecular weight is 185 g/mol. The van der Waals surface area contributed by atoms with E-state index in [1.165, 1.54) is 11.8 Å². The van der Waals surface area contributed by atoms with E-state index in [4.69, 9.17) is 10.8 Å². The molecule has 1 heterocycles. The van der Waals surface area contributed by atoms with Gasteiger partial charge in [0.15, 0.2) is 0 Å². The number of thioether (sulfide) groups is 1. The molecule has 3 N–H and O–H groups in total. The van der Waals surface area contributed by atoms with Gasteiger partial charge in [-0.25, -0.2) is 4.98 Å². The number of nitrogens with zero attached hydrogens (tertiary/aromatic N) is 2. The van der Waals surface area contributed by atoms with Crippen LogP contribution in [-0.2, 0) is 0 Å². The normalized spacial score (nSPS) is 12.8. The zero-order chi connectivity index (χ0) is 8.81. The molecule has 0 aliphatic heterocycles. The standard InChI is InChI=1S/C7H11N3OS/c8-6(4-11)5-12-7-3-9-1-2-10-7/h1-3,6,11H,4-5,8H2. The SMILES string of the molecule is NC(CO)CSc1cnccn1. The van der Waals surface area contributed by atoms with Gasteiger partial charge in [0, 0.05) is 24.2 Å². The summed E-state index contributed by atoms with van der Waals surface area (Å²) in [7, 11) is 0. The van der Waals surface area contributed by atoms with Crippen molar-refractivity contribution in [3.63, 3.8) is 0 Å². The molecule has 1 aromatic rings. The van der Waals surface area contributed by atoms with Crippen LogP contribution in [0, 0.1) is 0 Å². The van der Waals surface area contributed by atoms with Crippen LogP contribution in [0.4, 0.5) is 0 Å². The Morgan fingerprint density at radius 1 is 1.58 bits per heavy atom. The van der Waals surface area contributed by atoms with Crippen LogP contribution < -0.4 is 5.73 Å². The number of aliphatic hydroxyl groups excluding tert-OH is 1. The molecular weight excluding hydrogens is 174 g/mol. The van der Waals surface area contributed by atoms with Crippen molar-refractivity contribution in [2.75, 3.05) is 12.4 Å². The Bertz CT molecular complexity index is 219. The molecule has 12 heavy (non-hydrogen) atoms. The summed E-state index contributed by atoms with van der Waals surface area (Å²) in [5.74, 6) is 0.662. The van der Waals surface area contributed by atoms with Crippen LogP contribution in [0.5, 0.6) is 0 Å². The minimum absolute atomic E-state index is 0.00720. The Balaban J connectivity index is 2.33. The van der Waals surface area contributed by atoms with Gasteiger partial charge < -0.3 is 10.8 Å². The summed E-state index contributed by atoms with van der Waals surface area (Å²) in [5.41, 5.74) is 5.50. The zero-order valence-electron chi connectivity index (χ0n) is 6.55. The van der Waals surface area contributed by atoms with Gasteiger partial charge in [-0.3, -0.25) is 4.98 Å². The Morgan fingerprint density at radius 3 is 3.00 bits per heavy atom. The fraction of sp³-hybridized carbons (Fsp3) is 0.429. The quantitative estimate of drug-likeness (QED) is 0.640. The van der Waals surface area contributed by atoms with Gasteiger partial charge in [-0.15, -0.1) is 11.8 Å². The van der Waals surface area contributed by atoms with Crippen LogP contribution in [0.1, 0.15) is 0 Å². The molecule has 4 nitrogen and oxygen atoms in total. The van der Waals surface area contributed by atoms with Gasteiger partial charge in [0.25, 0.3) is 0 Å². The van der Waals surface area contributed by atoms with Gasteiger partial charge in [0.05, 0.1) is 12.8 Å². The number of hydrogen-bond donors (Lipinski definition) is 2. The van der Waals surface area contributed by atoms with Crippen molar-refractivity contribution in [1.29, 1.82) is 0 Å². The lowest BCUT2D eigenvalue weighted by molar-refractivity contribution is 0.275. The van der Waals surface area contributed by atoms with Crippen molar-refractivity contribution in [2.24, 2.45) is 5.73 Å². The van der Waals surface area contributed by atoms with Gasteiger partial charge in [-0.1, -0.05) is 0 Å². The molecule has 0 spiro atoms. The summed E-state index contributed by atoms with van der Waals surface area (Å²) in [6, 6.07) is -0.183. The number of rotatable bonds is 4. The van der Waals surface area contributed by atoms with Crippen molar-refractivity contribution in [3.8, 4) is 0 Å².